The van der Waals surface area contributed by atoms with E-state index in [-0.39, 0.29) is 35.9 Å². The van der Waals surface area contributed by atoms with Crippen molar-refractivity contribution in [3.05, 3.63) is 69.8 Å². The fourth-order valence-corrected chi connectivity index (χ4v) is 5.05. The summed E-state index contributed by atoms with van der Waals surface area (Å²) in [6, 6.07) is 12.2. The Morgan fingerprint density at radius 1 is 1.12 bits per heavy atom. The predicted molar refractivity (Wildman–Crippen MR) is 122 cm³/mol. The number of rotatable bonds is 7. The van der Waals surface area contributed by atoms with E-state index >= 15 is 0 Å². The second-order valence-corrected chi connectivity index (χ2v) is 9.83. The number of aromatic amines is 1. The van der Waals surface area contributed by atoms with E-state index in [9.17, 15) is 18.0 Å². The lowest BCUT2D eigenvalue weighted by molar-refractivity contribution is -0.130. The van der Waals surface area contributed by atoms with E-state index < -0.39 is 10.0 Å². The van der Waals surface area contributed by atoms with Crippen LogP contribution in [0.4, 0.5) is 0 Å². The van der Waals surface area contributed by atoms with Crippen LogP contribution in [0.2, 0.25) is 0 Å². The van der Waals surface area contributed by atoms with Crippen molar-refractivity contribution in [2.24, 2.45) is 0 Å². The largest absolute Gasteiger partial charge is 0.338 e. The highest BCUT2D eigenvalue weighted by Crippen LogP contribution is 2.24. The van der Waals surface area contributed by atoms with Gasteiger partial charge in [-0.1, -0.05) is 18.2 Å². The van der Waals surface area contributed by atoms with Gasteiger partial charge in [-0.2, -0.15) is 0 Å². The van der Waals surface area contributed by atoms with Gasteiger partial charge in [0.05, 0.1) is 22.3 Å². The lowest BCUT2D eigenvalue weighted by atomic mass is 9.92. The topological polar surface area (TPSA) is 112 Å². The van der Waals surface area contributed by atoms with Crippen LogP contribution in [0.15, 0.2) is 52.2 Å². The summed E-state index contributed by atoms with van der Waals surface area (Å²) in [5.41, 5.74) is 2.60. The molecule has 0 unspecified atom stereocenters. The average Bonchev–Trinajstić information content (AvgIpc) is 2.78. The minimum absolute atomic E-state index is 0.00150. The molecule has 0 radical (unpaired) electrons. The first-order valence-corrected chi connectivity index (χ1v) is 12.2. The number of carbonyl (C=O) groups excluding carboxylic acids is 1. The summed E-state index contributed by atoms with van der Waals surface area (Å²) in [6.45, 7) is 0.112. The number of aryl methyl sites for hydroxylation is 2. The number of hydrogen-bond acceptors (Lipinski definition) is 5. The van der Waals surface area contributed by atoms with Crippen LogP contribution in [0.5, 0.6) is 0 Å². The molecule has 0 saturated heterocycles. The summed E-state index contributed by atoms with van der Waals surface area (Å²) in [6.07, 6.45) is 4.09. The molecule has 0 aliphatic heterocycles. The maximum Gasteiger partial charge on any atom is 0.258 e. The van der Waals surface area contributed by atoms with Crippen LogP contribution in [-0.4, -0.2) is 42.8 Å². The highest BCUT2D eigenvalue weighted by molar-refractivity contribution is 7.89. The normalized spacial score (nSPS) is 13.7. The van der Waals surface area contributed by atoms with Crippen molar-refractivity contribution in [2.45, 2.75) is 43.5 Å². The van der Waals surface area contributed by atoms with Gasteiger partial charge in [0.2, 0.25) is 15.9 Å². The van der Waals surface area contributed by atoms with E-state index in [1.165, 1.54) is 10.5 Å². The SMILES string of the molecule is CN(Cc1nc2ccccc2c(=O)[nH]1)C(=O)CCNS(=O)(=O)c1ccc2c(c1)CCCC2. The molecular weight excluding hydrogens is 428 g/mol. The molecule has 9 heteroatoms. The van der Waals surface area contributed by atoms with Crippen molar-refractivity contribution in [3.63, 3.8) is 0 Å². The van der Waals surface area contributed by atoms with Crippen molar-refractivity contribution >= 4 is 26.8 Å². The molecule has 168 valence electrons. The number of nitrogens with one attached hydrogen (secondary N) is 2. The molecule has 0 spiro atoms. The molecule has 0 fully saturated rings. The lowest BCUT2D eigenvalue weighted by Gasteiger charge is -2.18. The Morgan fingerprint density at radius 2 is 1.88 bits per heavy atom. The van der Waals surface area contributed by atoms with E-state index in [0.717, 1.165) is 31.2 Å². The molecule has 32 heavy (non-hydrogen) atoms. The number of aromatic nitrogens is 2. The number of para-hydroxylation sites is 1. The Hall–Kier alpha value is -3.04. The number of benzene rings is 2. The van der Waals surface area contributed by atoms with Gasteiger partial charge < -0.3 is 9.88 Å². The van der Waals surface area contributed by atoms with Gasteiger partial charge in [-0.15, -0.1) is 0 Å². The number of fused-ring (bicyclic) bond motifs is 2. The van der Waals surface area contributed by atoms with E-state index in [2.05, 4.69) is 14.7 Å². The first kappa shape index (κ1) is 22.2. The Bertz CT molecular complexity index is 1320. The Morgan fingerprint density at radius 3 is 2.69 bits per heavy atom. The molecular formula is C23H26N4O4S. The van der Waals surface area contributed by atoms with Crippen molar-refractivity contribution in [1.29, 1.82) is 0 Å². The van der Waals surface area contributed by atoms with E-state index in [1.807, 2.05) is 6.07 Å². The third-order valence-electron chi connectivity index (χ3n) is 5.74. The fraction of sp³-hybridized carbons (Fsp3) is 0.348. The Balaban J connectivity index is 1.35. The maximum atomic E-state index is 12.6. The zero-order valence-corrected chi connectivity index (χ0v) is 18.7. The second-order valence-electron chi connectivity index (χ2n) is 8.06. The number of H-pyrrole nitrogens is 1. The minimum atomic E-state index is -3.68. The van der Waals surface area contributed by atoms with E-state index in [4.69, 9.17) is 0 Å². The smallest absolute Gasteiger partial charge is 0.258 e. The molecule has 0 saturated carbocycles. The van der Waals surface area contributed by atoms with Crippen LogP contribution in [-0.2, 0) is 34.2 Å². The summed E-state index contributed by atoms with van der Waals surface area (Å²) >= 11 is 0. The third-order valence-corrected chi connectivity index (χ3v) is 7.19. The predicted octanol–water partition coefficient (Wildman–Crippen LogP) is 2.13. The zero-order chi connectivity index (χ0) is 22.7. The number of hydrogen-bond donors (Lipinski definition) is 2. The summed E-state index contributed by atoms with van der Waals surface area (Å²) in [5.74, 6) is 0.119. The van der Waals surface area contributed by atoms with Crippen LogP contribution in [0.25, 0.3) is 10.9 Å². The average molecular weight is 455 g/mol. The lowest BCUT2D eigenvalue weighted by Crippen LogP contribution is -2.32. The van der Waals surface area contributed by atoms with Crippen LogP contribution in [0.1, 0.15) is 36.2 Å². The van der Waals surface area contributed by atoms with Gasteiger partial charge in [0, 0.05) is 20.0 Å². The Labute approximate surface area is 186 Å². The zero-order valence-electron chi connectivity index (χ0n) is 17.9. The van der Waals surface area contributed by atoms with Gasteiger partial charge in [-0.25, -0.2) is 18.1 Å². The van der Waals surface area contributed by atoms with E-state index in [1.54, 1.807) is 43.4 Å². The molecule has 2 aromatic carbocycles. The molecule has 1 heterocycles. The van der Waals surface area contributed by atoms with Crippen molar-refractivity contribution in [2.75, 3.05) is 13.6 Å². The van der Waals surface area contributed by atoms with Gasteiger partial charge in [-0.05, 0) is 61.1 Å². The molecule has 3 aromatic rings. The highest BCUT2D eigenvalue weighted by Gasteiger charge is 2.19. The van der Waals surface area contributed by atoms with Crippen molar-refractivity contribution in [3.8, 4) is 0 Å². The molecule has 4 rings (SSSR count). The monoisotopic (exact) mass is 454 g/mol. The van der Waals surface area contributed by atoms with Crippen molar-refractivity contribution < 1.29 is 13.2 Å². The molecule has 1 aliphatic carbocycles. The summed E-state index contributed by atoms with van der Waals surface area (Å²) < 4.78 is 27.8. The first-order chi connectivity index (χ1) is 15.3. The number of amides is 1. The molecule has 1 amide bonds. The van der Waals surface area contributed by atoms with Gasteiger partial charge >= 0.3 is 0 Å². The van der Waals surface area contributed by atoms with Gasteiger partial charge in [0.15, 0.2) is 0 Å². The quantitative estimate of drug-likeness (QED) is 0.568. The molecule has 2 N–H and O–H groups in total. The van der Waals surface area contributed by atoms with Gasteiger partial charge in [-0.3, -0.25) is 9.59 Å². The van der Waals surface area contributed by atoms with Crippen LogP contribution in [0.3, 0.4) is 0 Å². The number of sulfonamides is 1. The molecule has 1 aromatic heterocycles. The minimum Gasteiger partial charge on any atom is -0.338 e. The maximum absolute atomic E-state index is 12.6. The number of nitrogens with zero attached hydrogens (tertiary/aromatic N) is 2. The third kappa shape index (κ3) is 4.89. The first-order valence-electron chi connectivity index (χ1n) is 10.7. The van der Waals surface area contributed by atoms with Crippen LogP contribution < -0.4 is 10.3 Å². The molecule has 8 nitrogen and oxygen atoms in total. The number of carbonyl (C=O) groups is 1. The summed E-state index contributed by atoms with van der Waals surface area (Å²) in [4.78, 5) is 33.4. The van der Waals surface area contributed by atoms with Gasteiger partial charge in [0.1, 0.15) is 5.82 Å². The molecule has 0 atom stereocenters. The standard InChI is InChI=1S/C23H26N4O4S/c1-27(15-21-25-20-9-5-4-8-19(20)23(29)26-21)22(28)12-13-24-32(30,31)18-11-10-16-6-2-3-7-17(16)14-18/h4-5,8-11,14,24H,2-3,6-7,12-13,15H2,1H3,(H,25,26,29). The van der Waals surface area contributed by atoms with E-state index in [0.29, 0.717) is 16.7 Å². The second kappa shape index (κ2) is 9.22. The fourth-order valence-electron chi connectivity index (χ4n) is 3.97. The highest BCUT2D eigenvalue weighted by atomic mass is 32.2. The Kier molecular flexibility index (Phi) is 6.38. The van der Waals surface area contributed by atoms with Crippen LogP contribution in [0, 0.1) is 0 Å². The van der Waals surface area contributed by atoms with Crippen LogP contribution >= 0.6 is 0 Å². The van der Waals surface area contributed by atoms with Crippen molar-refractivity contribution in [1.82, 2.24) is 19.6 Å². The summed E-state index contributed by atoms with van der Waals surface area (Å²) in [7, 11) is -2.09. The van der Waals surface area contributed by atoms with Gasteiger partial charge in [0.25, 0.3) is 5.56 Å². The molecule has 1 aliphatic rings. The summed E-state index contributed by atoms with van der Waals surface area (Å²) in [5, 5.41) is 0.488. The molecule has 0 bridgehead atoms.